The number of halogens is 1. The van der Waals surface area contributed by atoms with Gasteiger partial charge in [0.05, 0.1) is 24.6 Å². The van der Waals surface area contributed by atoms with Crippen molar-refractivity contribution in [3.63, 3.8) is 0 Å². The maximum Gasteiger partial charge on any atom is 0.307 e. The molecule has 0 aromatic heterocycles. The van der Waals surface area contributed by atoms with Crippen LogP contribution in [0.5, 0.6) is 11.5 Å². The Morgan fingerprint density at radius 3 is 2.32 bits per heavy atom. The second kappa shape index (κ2) is 7.30. The number of carboxylic acid groups (broad SMARTS) is 1. The lowest BCUT2D eigenvalue weighted by molar-refractivity contribution is -0.141. The number of hydrogen-bond acceptors (Lipinski definition) is 5. The Bertz CT molecular complexity index is 661. The molecule has 0 saturated carbocycles. The minimum atomic E-state index is -3.92. The van der Waals surface area contributed by atoms with Gasteiger partial charge in [-0.05, 0) is 22.0 Å². The lowest BCUT2D eigenvalue weighted by atomic mass is 10.2. The maximum atomic E-state index is 12.6. The van der Waals surface area contributed by atoms with E-state index in [1.165, 1.54) is 40.3 Å². The van der Waals surface area contributed by atoms with Gasteiger partial charge < -0.3 is 14.6 Å². The van der Waals surface area contributed by atoms with E-state index >= 15 is 0 Å². The van der Waals surface area contributed by atoms with Gasteiger partial charge in [0.2, 0.25) is 10.0 Å². The lowest BCUT2D eigenvalue weighted by Crippen LogP contribution is -2.34. The fourth-order valence-corrected chi connectivity index (χ4v) is 3.66. The van der Waals surface area contributed by atoms with E-state index in [0.29, 0.717) is 10.2 Å². The third kappa shape index (κ3) is 3.90. The molecule has 0 amide bonds. The van der Waals surface area contributed by atoms with E-state index in [4.69, 9.17) is 14.6 Å². The summed E-state index contributed by atoms with van der Waals surface area (Å²) in [4.78, 5) is 10.8. The number of carbonyl (C=O) groups is 1. The van der Waals surface area contributed by atoms with E-state index in [1.54, 1.807) is 0 Å². The number of benzene rings is 1. The molecule has 9 heteroatoms. The summed E-state index contributed by atoms with van der Waals surface area (Å²) in [7, 11) is 0.177. The molecule has 0 aliphatic heterocycles. The Morgan fingerprint density at radius 2 is 1.86 bits per heavy atom. The fraction of sp³-hybridized carbons (Fsp3) is 0.462. The summed E-state index contributed by atoms with van der Waals surface area (Å²) in [6.45, 7) is 1.28. The maximum absolute atomic E-state index is 12.6. The van der Waals surface area contributed by atoms with Crippen molar-refractivity contribution in [3.8, 4) is 11.5 Å². The van der Waals surface area contributed by atoms with Crippen molar-refractivity contribution < 1.29 is 27.8 Å². The molecule has 1 unspecified atom stereocenters. The Kier molecular flexibility index (Phi) is 6.21. The van der Waals surface area contributed by atoms with E-state index in [2.05, 4.69) is 15.9 Å². The standard InChI is InChI=1S/C13H18BrNO6S/c1-8(13(16)17)7-15(2)22(18,19)12-6-10(20-3)9(14)5-11(12)21-4/h5-6,8H,7H2,1-4H3,(H,16,17). The highest BCUT2D eigenvalue weighted by molar-refractivity contribution is 9.10. The monoisotopic (exact) mass is 395 g/mol. The first-order valence-electron chi connectivity index (χ1n) is 6.25. The second-order valence-electron chi connectivity index (χ2n) is 4.66. The van der Waals surface area contributed by atoms with Crippen molar-refractivity contribution in [2.24, 2.45) is 5.92 Å². The molecule has 0 bridgehead atoms. The topological polar surface area (TPSA) is 93.1 Å². The summed E-state index contributed by atoms with van der Waals surface area (Å²) >= 11 is 3.25. The molecule has 0 aliphatic rings. The molecule has 0 spiro atoms. The molecule has 0 fully saturated rings. The van der Waals surface area contributed by atoms with E-state index in [9.17, 15) is 13.2 Å². The van der Waals surface area contributed by atoms with Crippen molar-refractivity contribution in [2.45, 2.75) is 11.8 Å². The Labute approximate surface area is 138 Å². The first-order valence-corrected chi connectivity index (χ1v) is 8.49. The zero-order chi connectivity index (χ0) is 17.1. The molecule has 7 nitrogen and oxygen atoms in total. The van der Waals surface area contributed by atoms with Crippen molar-refractivity contribution in [1.29, 1.82) is 0 Å². The molecule has 0 saturated heterocycles. The molecule has 1 atom stereocenters. The molecule has 124 valence electrons. The van der Waals surface area contributed by atoms with Crippen molar-refractivity contribution >= 4 is 31.9 Å². The second-order valence-corrected chi connectivity index (χ2v) is 7.53. The highest BCUT2D eigenvalue weighted by Crippen LogP contribution is 2.36. The van der Waals surface area contributed by atoms with E-state index in [1.807, 2.05) is 0 Å². The molecular formula is C13H18BrNO6S. The van der Waals surface area contributed by atoms with Crippen molar-refractivity contribution in [2.75, 3.05) is 27.8 Å². The Balaban J connectivity index is 3.29. The number of rotatable bonds is 7. The van der Waals surface area contributed by atoms with Crippen LogP contribution in [-0.2, 0) is 14.8 Å². The van der Waals surface area contributed by atoms with Crippen LogP contribution in [0.3, 0.4) is 0 Å². The number of hydrogen-bond donors (Lipinski definition) is 1. The largest absolute Gasteiger partial charge is 0.496 e. The highest BCUT2D eigenvalue weighted by atomic mass is 79.9. The SMILES string of the molecule is COc1cc(S(=O)(=O)N(C)CC(C)C(=O)O)c(OC)cc1Br. The highest BCUT2D eigenvalue weighted by Gasteiger charge is 2.29. The quantitative estimate of drug-likeness (QED) is 0.756. The number of nitrogens with zero attached hydrogens (tertiary/aromatic N) is 1. The van der Waals surface area contributed by atoms with Crippen molar-refractivity contribution in [1.82, 2.24) is 4.31 Å². The zero-order valence-electron chi connectivity index (χ0n) is 12.7. The van der Waals surface area contributed by atoms with Gasteiger partial charge in [-0.15, -0.1) is 0 Å². The van der Waals surface area contributed by atoms with Crippen LogP contribution in [0, 0.1) is 5.92 Å². The average Bonchev–Trinajstić information content (AvgIpc) is 2.46. The number of aliphatic carboxylic acids is 1. The molecule has 0 radical (unpaired) electrons. The number of sulfonamides is 1. The molecule has 22 heavy (non-hydrogen) atoms. The predicted molar refractivity (Wildman–Crippen MR) is 83.9 cm³/mol. The molecular weight excluding hydrogens is 378 g/mol. The zero-order valence-corrected chi connectivity index (χ0v) is 15.1. The van der Waals surface area contributed by atoms with Crippen LogP contribution in [0.1, 0.15) is 6.92 Å². The van der Waals surface area contributed by atoms with E-state index < -0.39 is 21.9 Å². The van der Waals surface area contributed by atoms with Gasteiger partial charge in [-0.3, -0.25) is 4.79 Å². The number of ether oxygens (including phenoxy) is 2. The fourth-order valence-electron chi connectivity index (χ4n) is 1.76. The lowest BCUT2D eigenvalue weighted by Gasteiger charge is -2.21. The van der Waals surface area contributed by atoms with Crippen LogP contribution >= 0.6 is 15.9 Å². The first-order chi connectivity index (χ1) is 10.1. The van der Waals surface area contributed by atoms with Crippen LogP contribution in [-0.4, -0.2) is 51.6 Å². The predicted octanol–water partition coefficient (Wildman–Crippen LogP) is 1.81. The van der Waals surface area contributed by atoms with Gasteiger partial charge in [-0.1, -0.05) is 6.92 Å². The average molecular weight is 396 g/mol. The summed E-state index contributed by atoms with van der Waals surface area (Å²) in [6, 6.07) is 2.82. The molecule has 1 N–H and O–H groups in total. The summed E-state index contributed by atoms with van der Waals surface area (Å²) in [6.07, 6.45) is 0. The van der Waals surface area contributed by atoms with Crippen LogP contribution in [0.15, 0.2) is 21.5 Å². The molecule has 0 heterocycles. The summed E-state index contributed by atoms with van der Waals surface area (Å²) in [5.41, 5.74) is 0. The Morgan fingerprint density at radius 1 is 1.32 bits per heavy atom. The Hall–Kier alpha value is -1.32. The first kappa shape index (κ1) is 18.7. The van der Waals surface area contributed by atoms with Crippen LogP contribution in [0.4, 0.5) is 0 Å². The van der Waals surface area contributed by atoms with Gasteiger partial charge in [-0.25, -0.2) is 8.42 Å². The van der Waals surface area contributed by atoms with Crippen LogP contribution in [0.2, 0.25) is 0 Å². The summed E-state index contributed by atoms with van der Waals surface area (Å²) < 4.78 is 37.0. The normalized spacial score (nSPS) is 13.0. The van der Waals surface area contributed by atoms with Gasteiger partial charge in [0, 0.05) is 19.7 Å². The molecule has 1 aromatic rings. The third-order valence-corrected chi connectivity index (χ3v) is 5.54. The number of carboxylic acids is 1. The summed E-state index contributed by atoms with van der Waals surface area (Å²) in [5.74, 6) is -1.42. The number of methoxy groups -OCH3 is 2. The summed E-state index contributed by atoms with van der Waals surface area (Å²) in [5, 5.41) is 8.91. The molecule has 1 rings (SSSR count). The van der Waals surface area contributed by atoms with Gasteiger partial charge in [0.15, 0.2) is 0 Å². The minimum Gasteiger partial charge on any atom is -0.496 e. The third-order valence-electron chi connectivity index (χ3n) is 3.08. The van der Waals surface area contributed by atoms with Crippen LogP contribution < -0.4 is 9.47 Å². The van der Waals surface area contributed by atoms with E-state index in [0.717, 1.165) is 4.31 Å². The van der Waals surface area contributed by atoms with Gasteiger partial charge in [-0.2, -0.15) is 4.31 Å². The van der Waals surface area contributed by atoms with Gasteiger partial charge in [0.25, 0.3) is 0 Å². The molecule has 1 aromatic carbocycles. The van der Waals surface area contributed by atoms with Crippen molar-refractivity contribution in [3.05, 3.63) is 16.6 Å². The minimum absolute atomic E-state index is 0.0878. The van der Waals surface area contributed by atoms with E-state index in [-0.39, 0.29) is 17.2 Å². The smallest absolute Gasteiger partial charge is 0.307 e. The van der Waals surface area contributed by atoms with Gasteiger partial charge in [0.1, 0.15) is 16.4 Å². The molecule has 0 aliphatic carbocycles. The van der Waals surface area contributed by atoms with Gasteiger partial charge >= 0.3 is 5.97 Å². The van der Waals surface area contributed by atoms with Crippen LogP contribution in [0.25, 0.3) is 0 Å².